The van der Waals surface area contributed by atoms with Crippen LogP contribution in [-0.2, 0) is 11.3 Å². The second kappa shape index (κ2) is 9.11. The molecule has 3 aromatic rings. The number of rotatable bonds is 4. The lowest BCUT2D eigenvalue weighted by atomic mass is 9.82. The molecule has 2 N–H and O–H groups in total. The van der Waals surface area contributed by atoms with E-state index >= 15 is 0 Å². The van der Waals surface area contributed by atoms with E-state index in [1.54, 1.807) is 0 Å². The molecular formula is C29H38N6O. The molecule has 0 bridgehead atoms. The number of piperidine rings is 2. The molecule has 3 aliphatic heterocycles. The number of anilines is 2. The van der Waals surface area contributed by atoms with Crippen molar-refractivity contribution in [1.82, 2.24) is 20.2 Å². The summed E-state index contributed by atoms with van der Waals surface area (Å²) in [6, 6.07) is 13.1. The van der Waals surface area contributed by atoms with Crippen molar-refractivity contribution in [1.29, 1.82) is 0 Å². The van der Waals surface area contributed by atoms with Gasteiger partial charge < -0.3 is 20.1 Å². The van der Waals surface area contributed by atoms with Gasteiger partial charge in [-0.25, -0.2) is 4.98 Å². The Balaban J connectivity index is 1.10. The molecule has 1 aromatic carbocycles. The maximum absolute atomic E-state index is 12.8. The zero-order chi connectivity index (χ0) is 24.8. The fraction of sp³-hybridized carbons (Fsp3) is 0.517. The average Bonchev–Trinajstić information content (AvgIpc) is 3.35. The number of aromatic amines is 1. The molecule has 6 rings (SSSR count). The zero-order valence-corrected chi connectivity index (χ0v) is 21.6. The number of pyridine rings is 1. The summed E-state index contributed by atoms with van der Waals surface area (Å²) >= 11 is 0. The van der Waals surface area contributed by atoms with Crippen LogP contribution in [0.25, 0.3) is 11.0 Å². The molecule has 5 heterocycles. The number of fused-ring (bicyclic) bond motifs is 1. The van der Waals surface area contributed by atoms with Crippen molar-refractivity contribution in [2.75, 3.05) is 49.1 Å². The number of benzene rings is 1. The first-order chi connectivity index (χ1) is 17.4. The fourth-order valence-corrected chi connectivity index (χ4v) is 6.22. The fourth-order valence-electron chi connectivity index (χ4n) is 6.22. The van der Waals surface area contributed by atoms with E-state index in [2.05, 4.69) is 80.2 Å². The monoisotopic (exact) mass is 486 g/mol. The highest BCUT2D eigenvalue weighted by Crippen LogP contribution is 2.34. The van der Waals surface area contributed by atoms with Gasteiger partial charge in [-0.15, -0.1) is 0 Å². The van der Waals surface area contributed by atoms with Gasteiger partial charge in [-0.2, -0.15) is 0 Å². The standard InChI is InChI=1S/C29H38N6O/c1-28(2)9-15-33(16-10-28)19-22-3-5-23(6-4-22)35-20-26(36)32-29(21-35)11-17-34(18-12-29)25-8-14-31-27-24(25)7-13-30-27/h3-8,13-14H,9-12,15-21H2,1-2H3,(H,30,31)(H,32,36). The van der Waals surface area contributed by atoms with Crippen LogP contribution in [0.3, 0.4) is 0 Å². The van der Waals surface area contributed by atoms with E-state index in [1.165, 1.54) is 37.2 Å². The highest BCUT2D eigenvalue weighted by molar-refractivity contribution is 5.90. The molecule has 0 aliphatic carbocycles. The van der Waals surface area contributed by atoms with E-state index in [0.29, 0.717) is 12.0 Å². The van der Waals surface area contributed by atoms with Crippen molar-refractivity contribution >= 4 is 28.3 Å². The highest BCUT2D eigenvalue weighted by atomic mass is 16.2. The van der Waals surface area contributed by atoms with Crippen LogP contribution >= 0.6 is 0 Å². The van der Waals surface area contributed by atoms with Crippen molar-refractivity contribution in [2.45, 2.75) is 51.6 Å². The molecule has 3 saturated heterocycles. The Morgan fingerprint density at radius 3 is 2.42 bits per heavy atom. The van der Waals surface area contributed by atoms with Crippen molar-refractivity contribution in [2.24, 2.45) is 5.41 Å². The summed E-state index contributed by atoms with van der Waals surface area (Å²) in [5.41, 5.74) is 4.97. The van der Waals surface area contributed by atoms with Crippen LogP contribution < -0.4 is 15.1 Å². The van der Waals surface area contributed by atoms with Crippen LogP contribution in [0.2, 0.25) is 0 Å². The van der Waals surface area contributed by atoms with Gasteiger partial charge in [-0.05, 0) is 74.0 Å². The van der Waals surface area contributed by atoms with Crippen molar-refractivity contribution in [3.8, 4) is 0 Å². The smallest absolute Gasteiger partial charge is 0.240 e. The first-order valence-corrected chi connectivity index (χ1v) is 13.4. The largest absolute Gasteiger partial charge is 0.371 e. The minimum atomic E-state index is -0.171. The number of piperazine rings is 1. The Hall–Kier alpha value is -3.06. The predicted octanol–water partition coefficient (Wildman–Crippen LogP) is 4.16. The topological polar surface area (TPSA) is 67.5 Å². The lowest BCUT2D eigenvalue weighted by Gasteiger charge is -2.49. The van der Waals surface area contributed by atoms with E-state index < -0.39 is 0 Å². The first-order valence-electron chi connectivity index (χ1n) is 13.4. The number of amides is 1. The molecule has 190 valence electrons. The van der Waals surface area contributed by atoms with Crippen LogP contribution in [0.4, 0.5) is 11.4 Å². The van der Waals surface area contributed by atoms with E-state index in [4.69, 9.17) is 0 Å². The maximum Gasteiger partial charge on any atom is 0.240 e. The number of nitrogens with one attached hydrogen (secondary N) is 2. The lowest BCUT2D eigenvalue weighted by molar-refractivity contribution is -0.123. The normalized spacial score (nSPS) is 22.2. The number of hydrogen-bond acceptors (Lipinski definition) is 5. The molecule has 3 aliphatic rings. The number of aromatic nitrogens is 2. The van der Waals surface area contributed by atoms with E-state index in [9.17, 15) is 4.79 Å². The summed E-state index contributed by atoms with van der Waals surface area (Å²) in [6.45, 7) is 11.3. The Bertz CT molecular complexity index is 1210. The van der Waals surface area contributed by atoms with Gasteiger partial charge >= 0.3 is 0 Å². The molecule has 0 unspecified atom stereocenters. The summed E-state index contributed by atoms with van der Waals surface area (Å²) in [5.74, 6) is 0.131. The third-order valence-electron chi connectivity index (χ3n) is 8.65. The molecule has 2 aromatic heterocycles. The molecule has 0 radical (unpaired) electrons. The van der Waals surface area contributed by atoms with Gasteiger partial charge in [0.2, 0.25) is 5.91 Å². The molecule has 0 atom stereocenters. The number of carbonyl (C=O) groups excluding carboxylic acids is 1. The first kappa shape index (κ1) is 23.3. The molecule has 1 amide bonds. The number of hydrogen-bond donors (Lipinski definition) is 2. The van der Waals surface area contributed by atoms with Crippen molar-refractivity contribution in [3.63, 3.8) is 0 Å². The molecule has 0 saturated carbocycles. The van der Waals surface area contributed by atoms with E-state index in [0.717, 1.165) is 55.7 Å². The molecule has 1 spiro atoms. The third kappa shape index (κ3) is 4.69. The van der Waals surface area contributed by atoms with E-state index in [-0.39, 0.29) is 11.4 Å². The Morgan fingerprint density at radius 1 is 0.917 bits per heavy atom. The Labute approximate surface area is 213 Å². The average molecular weight is 487 g/mol. The Morgan fingerprint density at radius 2 is 1.67 bits per heavy atom. The number of H-pyrrole nitrogens is 1. The number of nitrogens with zero attached hydrogens (tertiary/aromatic N) is 4. The summed E-state index contributed by atoms with van der Waals surface area (Å²) < 4.78 is 0. The minimum Gasteiger partial charge on any atom is -0.371 e. The molecule has 3 fully saturated rings. The zero-order valence-electron chi connectivity index (χ0n) is 21.6. The summed E-state index contributed by atoms with van der Waals surface area (Å²) in [4.78, 5) is 27.7. The molecule has 7 nitrogen and oxygen atoms in total. The second-order valence-corrected chi connectivity index (χ2v) is 11.8. The second-order valence-electron chi connectivity index (χ2n) is 11.8. The van der Waals surface area contributed by atoms with Crippen molar-refractivity contribution < 1.29 is 4.79 Å². The van der Waals surface area contributed by atoms with Gasteiger partial charge in [0.25, 0.3) is 0 Å². The molecule has 7 heteroatoms. The van der Waals surface area contributed by atoms with Crippen LogP contribution in [-0.4, -0.2) is 65.6 Å². The molecule has 36 heavy (non-hydrogen) atoms. The van der Waals surface area contributed by atoms with Gasteiger partial charge in [-0.3, -0.25) is 9.69 Å². The van der Waals surface area contributed by atoms with Crippen LogP contribution in [0.1, 0.15) is 45.1 Å². The minimum absolute atomic E-state index is 0.131. The van der Waals surface area contributed by atoms with Crippen molar-refractivity contribution in [3.05, 3.63) is 54.4 Å². The lowest BCUT2D eigenvalue weighted by Crippen LogP contribution is -2.66. The van der Waals surface area contributed by atoms with Gasteiger partial charge in [0.15, 0.2) is 0 Å². The van der Waals surface area contributed by atoms with Crippen LogP contribution in [0.15, 0.2) is 48.8 Å². The quantitative estimate of drug-likeness (QED) is 0.580. The van der Waals surface area contributed by atoms with Gasteiger partial charge in [0.05, 0.1) is 12.1 Å². The maximum atomic E-state index is 12.8. The summed E-state index contributed by atoms with van der Waals surface area (Å²) in [7, 11) is 0. The SMILES string of the molecule is CC1(C)CCN(Cc2ccc(N3CC(=O)NC4(CCN(c5ccnc6[nH]ccc56)CC4)C3)cc2)CC1. The van der Waals surface area contributed by atoms with Crippen LogP contribution in [0.5, 0.6) is 0 Å². The number of likely N-dealkylation sites (tertiary alicyclic amines) is 1. The Kier molecular flexibility index (Phi) is 5.91. The third-order valence-corrected chi connectivity index (χ3v) is 8.65. The van der Waals surface area contributed by atoms with Gasteiger partial charge in [0, 0.05) is 55.3 Å². The van der Waals surface area contributed by atoms with Gasteiger partial charge in [-0.1, -0.05) is 26.0 Å². The van der Waals surface area contributed by atoms with E-state index in [1.807, 2.05) is 12.4 Å². The number of carbonyl (C=O) groups is 1. The highest BCUT2D eigenvalue weighted by Gasteiger charge is 2.41. The summed E-state index contributed by atoms with van der Waals surface area (Å²) in [6.07, 6.45) is 8.23. The summed E-state index contributed by atoms with van der Waals surface area (Å²) in [5, 5.41) is 4.54. The predicted molar refractivity (Wildman–Crippen MR) is 145 cm³/mol. The van der Waals surface area contributed by atoms with Gasteiger partial charge in [0.1, 0.15) is 5.65 Å². The van der Waals surface area contributed by atoms with Crippen LogP contribution in [0, 0.1) is 5.41 Å². The molecular weight excluding hydrogens is 448 g/mol.